The van der Waals surface area contributed by atoms with Crippen LogP contribution in [0.1, 0.15) is 25.5 Å². The molecule has 21 heavy (non-hydrogen) atoms. The molecule has 0 aliphatic carbocycles. The molecular formula is C16H24N4O. The summed E-state index contributed by atoms with van der Waals surface area (Å²) >= 11 is 0. The molecule has 0 bridgehead atoms. The Morgan fingerprint density at radius 1 is 1.52 bits per heavy atom. The summed E-state index contributed by atoms with van der Waals surface area (Å²) in [6.07, 6.45) is 4.94. The van der Waals surface area contributed by atoms with Crippen LogP contribution in [-0.2, 0) is 11.2 Å². The van der Waals surface area contributed by atoms with Crippen molar-refractivity contribution in [2.24, 2.45) is 5.73 Å². The summed E-state index contributed by atoms with van der Waals surface area (Å²) in [6, 6.07) is 6.68. The van der Waals surface area contributed by atoms with Gasteiger partial charge >= 0.3 is 0 Å². The largest absolute Gasteiger partial charge is 0.379 e. The number of rotatable bonds is 5. The molecule has 2 unspecified atom stereocenters. The van der Waals surface area contributed by atoms with Crippen LogP contribution < -0.4 is 10.6 Å². The number of aromatic nitrogens is 2. The maximum atomic E-state index is 6.19. The standard InChI is InChI=1S/C16H24N4O/c1-3-12(17)10-14-16(19(2)13-7-9-21-11-13)18-15-6-4-5-8-20(14)15/h4-6,8,12-13H,3,7,9-11,17H2,1-2H3. The summed E-state index contributed by atoms with van der Waals surface area (Å²) in [4.78, 5) is 7.08. The monoisotopic (exact) mass is 288 g/mol. The predicted molar refractivity (Wildman–Crippen MR) is 84.8 cm³/mol. The Labute approximate surface area is 125 Å². The Hall–Kier alpha value is -1.59. The average Bonchev–Trinajstić information content (AvgIpc) is 3.15. The van der Waals surface area contributed by atoms with E-state index in [1.54, 1.807) is 0 Å². The minimum atomic E-state index is 0.164. The minimum absolute atomic E-state index is 0.164. The van der Waals surface area contributed by atoms with E-state index >= 15 is 0 Å². The van der Waals surface area contributed by atoms with E-state index in [1.165, 1.54) is 5.69 Å². The Kier molecular flexibility index (Phi) is 4.12. The smallest absolute Gasteiger partial charge is 0.151 e. The second-order valence-electron chi connectivity index (χ2n) is 5.81. The van der Waals surface area contributed by atoms with E-state index in [-0.39, 0.29) is 6.04 Å². The van der Waals surface area contributed by atoms with Crippen LogP contribution >= 0.6 is 0 Å². The van der Waals surface area contributed by atoms with Gasteiger partial charge in [0.2, 0.25) is 0 Å². The normalized spacial score (nSPS) is 20.0. The zero-order valence-electron chi connectivity index (χ0n) is 12.8. The van der Waals surface area contributed by atoms with Crippen LogP contribution in [0, 0.1) is 0 Å². The van der Waals surface area contributed by atoms with Crippen molar-refractivity contribution in [2.45, 2.75) is 38.3 Å². The van der Waals surface area contributed by atoms with Crippen molar-refractivity contribution in [1.29, 1.82) is 0 Å². The van der Waals surface area contributed by atoms with Crippen molar-refractivity contribution in [3.05, 3.63) is 30.1 Å². The quantitative estimate of drug-likeness (QED) is 0.912. The molecule has 1 aliphatic rings. The molecule has 2 aromatic heterocycles. The first-order chi connectivity index (χ1) is 10.2. The molecule has 0 radical (unpaired) electrons. The van der Waals surface area contributed by atoms with Crippen molar-refractivity contribution in [3.63, 3.8) is 0 Å². The first kappa shape index (κ1) is 14.4. The Morgan fingerprint density at radius 3 is 3.10 bits per heavy atom. The van der Waals surface area contributed by atoms with Gasteiger partial charge in [-0.1, -0.05) is 13.0 Å². The van der Waals surface area contributed by atoms with Crippen molar-refractivity contribution in [2.75, 3.05) is 25.2 Å². The zero-order valence-corrected chi connectivity index (χ0v) is 12.8. The molecule has 5 nitrogen and oxygen atoms in total. The number of ether oxygens (including phenoxy) is 1. The van der Waals surface area contributed by atoms with Crippen LogP contribution in [0.2, 0.25) is 0 Å². The lowest BCUT2D eigenvalue weighted by Gasteiger charge is -2.25. The number of imidazole rings is 1. The van der Waals surface area contributed by atoms with Gasteiger partial charge in [0.15, 0.2) is 5.82 Å². The molecule has 2 atom stereocenters. The summed E-state index contributed by atoms with van der Waals surface area (Å²) in [7, 11) is 2.11. The molecule has 2 aromatic rings. The summed E-state index contributed by atoms with van der Waals surface area (Å²) in [5.41, 5.74) is 8.38. The molecule has 1 aliphatic heterocycles. The number of nitrogens with zero attached hydrogens (tertiary/aromatic N) is 3. The number of hydrogen-bond donors (Lipinski definition) is 1. The van der Waals surface area contributed by atoms with Gasteiger partial charge in [0, 0.05) is 32.3 Å². The number of hydrogen-bond acceptors (Lipinski definition) is 4. The second-order valence-corrected chi connectivity index (χ2v) is 5.81. The van der Waals surface area contributed by atoms with Crippen LogP contribution in [-0.4, -0.2) is 41.7 Å². The van der Waals surface area contributed by atoms with Crippen LogP contribution in [0.3, 0.4) is 0 Å². The Balaban J connectivity index is 2.00. The Bertz CT molecular complexity index is 603. The Morgan fingerprint density at radius 2 is 2.38 bits per heavy atom. The highest BCUT2D eigenvalue weighted by molar-refractivity contribution is 5.56. The molecule has 0 saturated carbocycles. The van der Waals surface area contributed by atoms with E-state index < -0.39 is 0 Å². The fourth-order valence-electron chi connectivity index (χ4n) is 2.90. The molecule has 1 saturated heterocycles. The number of fused-ring (bicyclic) bond motifs is 1. The molecule has 3 rings (SSSR count). The highest BCUT2D eigenvalue weighted by Crippen LogP contribution is 2.26. The third kappa shape index (κ3) is 2.76. The first-order valence-electron chi connectivity index (χ1n) is 7.72. The third-order valence-corrected chi connectivity index (χ3v) is 4.38. The summed E-state index contributed by atoms with van der Waals surface area (Å²) < 4.78 is 7.68. The SMILES string of the molecule is CCC(N)Cc1c(N(C)C2CCOC2)nc2ccccn12. The van der Waals surface area contributed by atoms with Gasteiger partial charge in [-0.05, 0) is 25.0 Å². The van der Waals surface area contributed by atoms with Gasteiger partial charge in [-0.25, -0.2) is 4.98 Å². The molecule has 5 heteroatoms. The first-order valence-corrected chi connectivity index (χ1v) is 7.72. The van der Waals surface area contributed by atoms with Crippen molar-refractivity contribution >= 4 is 11.5 Å². The van der Waals surface area contributed by atoms with Gasteiger partial charge < -0.3 is 19.8 Å². The van der Waals surface area contributed by atoms with Crippen LogP contribution in [0.15, 0.2) is 24.4 Å². The van der Waals surface area contributed by atoms with E-state index in [0.717, 1.165) is 43.9 Å². The van der Waals surface area contributed by atoms with E-state index in [0.29, 0.717) is 6.04 Å². The molecule has 3 heterocycles. The van der Waals surface area contributed by atoms with Crippen molar-refractivity contribution in [3.8, 4) is 0 Å². The summed E-state index contributed by atoms with van der Waals surface area (Å²) in [5.74, 6) is 1.04. The van der Waals surface area contributed by atoms with Crippen LogP contribution in [0.4, 0.5) is 5.82 Å². The van der Waals surface area contributed by atoms with E-state index in [2.05, 4.69) is 29.5 Å². The lowest BCUT2D eigenvalue weighted by molar-refractivity contribution is 0.193. The van der Waals surface area contributed by atoms with Gasteiger partial charge in [-0.2, -0.15) is 0 Å². The fourth-order valence-corrected chi connectivity index (χ4v) is 2.90. The topological polar surface area (TPSA) is 55.8 Å². The van der Waals surface area contributed by atoms with Crippen LogP contribution in [0.25, 0.3) is 5.65 Å². The lowest BCUT2D eigenvalue weighted by Crippen LogP contribution is -2.33. The highest BCUT2D eigenvalue weighted by atomic mass is 16.5. The number of nitrogens with two attached hydrogens (primary N) is 1. The fraction of sp³-hybridized carbons (Fsp3) is 0.562. The van der Waals surface area contributed by atoms with Gasteiger partial charge in [0.1, 0.15) is 5.65 Å². The van der Waals surface area contributed by atoms with Crippen molar-refractivity contribution in [1.82, 2.24) is 9.38 Å². The molecule has 0 aromatic carbocycles. The van der Waals surface area contributed by atoms with Gasteiger partial charge in [0.25, 0.3) is 0 Å². The molecular weight excluding hydrogens is 264 g/mol. The maximum absolute atomic E-state index is 6.19. The van der Waals surface area contributed by atoms with E-state index in [9.17, 15) is 0 Å². The number of pyridine rings is 1. The molecule has 1 fully saturated rings. The predicted octanol–water partition coefficient (Wildman–Crippen LogP) is 1.84. The molecule has 0 spiro atoms. The van der Waals surface area contributed by atoms with Gasteiger partial charge in [-0.3, -0.25) is 0 Å². The molecule has 2 N–H and O–H groups in total. The van der Waals surface area contributed by atoms with Gasteiger partial charge in [0.05, 0.1) is 18.3 Å². The summed E-state index contributed by atoms with van der Waals surface area (Å²) in [6.45, 7) is 3.75. The summed E-state index contributed by atoms with van der Waals surface area (Å²) in [5, 5.41) is 0. The van der Waals surface area contributed by atoms with E-state index in [1.807, 2.05) is 18.2 Å². The minimum Gasteiger partial charge on any atom is -0.379 e. The van der Waals surface area contributed by atoms with Crippen LogP contribution in [0.5, 0.6) is 0 Å². The van der Waals surface area contributed by atoms with E-state index in [4.69, 9.17) is 15.5 Å². The third-order valence-electron chi connectivity index (χ3n) is 4.38. The zero-order chi connectivity index (χ0) is 14.8. The maximum Gasteiger partial charge on any atom is 0.151 e. The second kappa shape index (κ2) is 6.03. The average molecular weight is 288 g/mol. The molecule has 114 valence electrons. The highest BCUT2D eigenvalue weighted by Gasteiger charge is 2.25. The van der Waals surface area contributed by atoms with Gasteiger partial charge in [-0.15, -0.1) is 0 Å². The van der Waals surface area contributed by atoms with Crippen molar-refractivity contribution < 1.29 is 4.74 Å². The lowest BCUT2D eigenvalue weighted by atomic mass is 10.1. The number of likely N-dealkylation sites (N-methyl/N-ethyl adjacent to an activating group) is 1. The molecule has 0 amide bonds. The number of anilines is 1.